The summed E-state index contributed by atoms with van der Waals surface area (Å²) in [5.41, 5.74) is 0.986. The molecule has 1 fully saturated rings. The predicted molar refractivity (Wildman–Crippen MR) is 93.7 cm³/mol. The molecule has 0 bridgehead atoms. The number of benzene rings is 1. The molecule has 2 rings (SSSR count). The number of phenolic OH excluding ortho intramolecular Hbond substituents is 1. The summed E-state index contributed by atoms with van der Waals surface area (Å²) in [4.78, 5) is 13.7. The highest BCUT2D eigenvalue weighted by Gasteiger charge is 2.36. The van der Waals surface area contributed by atoms with Crippen LogP contribution in [0, 0.1) is 0 Å². The normalized spacial score (nSPS) is 21.1. The summed E-state index contributed by atoms with van der Waals surface area (Å²) in [5.74, 6) is -0.109. The first-order chi connectivity index (χ1) is 11.1. The molecule has 0 radical (unpaired) electrons. The van der Waals surface area contributed by atoms with Crippen LogP contribution in [-0.4, -0.2) is 56.0 Å². The van der Waals surface area contributed by atoms with E-state index in [0.29, 0.717) is 12.8 Å². The molecule has 1 aromatic carbocycles. The Morgan fingerprint density at radius 1 is 1.46 bits per heavy atom. The number of aliphatic hydroxyl groups is 1. The first-order valence-electron chi connectivity index (χ1n) is 7.70. The van der Waals surface area contributed by atoms with Gasteiger partial charge in [-0.25, -0.2) is 0 Å². The lowest BCUT2D eigenvalue weighted by Crippen LogP contribution is -2.33. The van der Waals surface area contributed by atoms with Gasteiger partial charge in [-0.2, -0.15) is 4.72 Å². The van der Waals surface area contributed by atoms with E-state index in [1.807, 2.05) is 13.8 Å². The second-order valence-electron chi connectivity index (χ2n) is 6.13. The van der Waals surface area contributed by atoms with Gasteiger partial charge in [-0.05, 0) is 38.0 Å². The van der Waals surface area contributed by atoms with Crippen LogP contribution in [0.5, 0.6) is 5.75 Å². The van der Waals surface area contributed by atoms with Crippen LogP contribution < -0.4 is 9.03 Å². The van der Waals surface area contributed by atoms with Gasteiger partial charge < -0.3 is 15.1 Å². The van der Waals surface area contributed by atoms with Crippen molar-refractivity contribution in [3.8, 4) is 5.75 Å². The van der Waals surface area contributed by atoms with Gasteiger partial charge in [-0.3, -0.25) is 18.2 Å². The van der Waals surface area contributed by atoms with Crippen LogP contribution in [0.15, 0.2) is 18.2 Å². The minimum atomic E-state index is -3.36. The number of rotatable bonds is 5. The average Bonchev–Trinajstić information content (AvgIpc) is 2.76. The maximum Gasteiger partial charge on any atom is 0.222 e. The number of aliphatic hydroxyl groups excluding tert-OH is 1. The van der Waals surface area contributed by atoms with Crippen LogP contribution in [0.1, 0.15) is 25.8 Å². The molecule has 1 saturated heterocycles. The van der Waals surface area contributed by atoms with Crippen LogP contribution >= 0.6 is 11.0 Å². The molecule has 24 heavy (non-hydrogen) atoms. The van der Waals surface area contributed by atoms with Crippen molar-refractivity contribution in [1.82, 2.24) is 9.62 Å². The summed E-state index contributed by atoms with van der Waals surface area (Å²) in [5, 5.41) is 19.7. The van der Waals surface area contributed by atoms with Crippen molar-refractivity contribution in [2.45, 2.75) is 39.0 Å². The van der Waals surface area contributed by atoms with Gasteiger partial charge in [0.25, 0.3) is 0 Å². The van der Waals surface area contributed by atoms with E-state index in [4.69, 9.17) is 0 Å². The first kappa shape index (κ1) is 18.8. The summed E-state index contributed by atoms with van der Waals surface area (Å²) in [7, 11) is -1.60. The first-order valence-corrected chi connectivity index (χ1v) is 9.21. The fraction of sp³-hybridized carbons (Fsp3) is 0.533. The quantitative estimate of drug-likeness (QED) is 0.541. The van der Waals surface area contributed by atoms with Crippen LogP contribution in [-0.2, 0) is 11.2 Å². The third-order valence-electron chi connectivity index (χ3n) is 4.04. The fourth-order valence-corrected chi connectivity index (χ4v) is 3.78. The van der Waals surface area contributed by atoms with Crippen molar-refractivity contribution in [1.29, 1.82) is 0 Å². The van der Waals surface area contributed by atoms with Gasteiger partial charge in [-0.1, -0.05) is 17.0 Å². The number of carbonyl (C=O) groups excluding carboxylic acids is 1. The van der Waals surface area contributed by atoms with Crippen LogP contribution in [0.2, 0.25) is 0 Å². The molecule has 5 N–H and O–H groups in total. The number of aromatic hydroxyl groups is 1. The number of nitrogens with zero attached hydrogens (tertiary/aromatic N) is 2. The zero-order valence-electron chi connectivity index (χ0n) is 14.0. The van der Waals surface area contributed by atoms with Crippen LogP contribution in [0.3, 0.4) is 0 Å². The summed E-state index contributed by atoms with van der Waals surface area (Å²) >= 11 is 0. The van der Waals surface area contributed by atoms with Gasteiger partial charge in [0.1, 0.15) is 17.7 Å². The highest BCUT2D eigenvalue weighted by atomic mass is 32.3. The molecule has 1 unspecified atom stereocenters. The Morgan fingerprint density at radius 3 is 2.62 bits per heavy atom. The number of hydrogen-bond donors (Lipinski definition) is 5. The summed E-state index contributed by atoms with van der Waals surface area (Å²) in [6.45, 7) is 3.83. The van der Waals surface area contributed by atoms with Crippen molar-refractivity contribution in [3.05, 3.63) is 23.8 Å². The van der Waals surface area contributed by atoms with E-state index in [2.05, 4.69) is 4.72 Å². The van der Waals surface area contributed by atoms with Crippen molar-refractivity contribution in [3.63, 3.8) is 0 Å². The SMILES string of the molecule is CC(C)N(C)C(=O)CCc1ccc(N2CC(O)NS2(O)O)c(O)c1. The fourth-order valence-electron chi connectivity index (χ4n) is 2.43. The number of carbonyl (C=O) groups is 1. The maximum atomic E-state index is 12.0. The summed E-state index contributed by atoms with van der Waals surface area (Å²) in [6, 6.07) is 4.90. The Morgan fingerprint density at radius 2 is 2.12 bits per heavy atom. The van der Waals surface area contributed by atoms with Crippen molar-refractivity contribution in [2.75, 3.05) is 17.9 Å². The monoisotopic (exact) mass is 359 g/mol. The molecule has 0 aromatic heterocycles. The van der Waals surface area contributed by atoms with E-state index in [9.17, 15) is 24.1 Å². The molecule has 1 amide bonds. The molecule has 8 nitrogen and oxygen atoms in total. The number of anilines is 1. The van der Waals surface area contributed by atoms with E-state index in [-0.39, 0.29) is 29.9 Å². The number of hydrogen-bond acceptors (Lipinski definition) is 7. The zero-order chi connectivity index (χ0) is 18.1. The Labute approximate surface area is 143 Å². The zero-order valence-corrected chi connectivity index (χ0v) is 14.8. The number of nitrogens with one attached hydrogen (secondary N) is 1. The Kier molecular flexibility index (Phi) is 5.61. The lowest BCUT2D eigenvalue weighted by atomic mass is 10.1. The number of β-amino-alcohol motifs (C(OH)–C–C–N with tert-alkyl or cyclic N) is 1. The smallest absolute Gasteiger partial charge is 0.222 e. The summed E-state index contributed by atoms with van der Waals surface area (Å²) < 4.78 is 23.2. The maximum absolute atomic E-state index is 12.0. The van der Waals surface area contributed by atoms with E-state index in [1.165, 1.54) is 6.07 Å². The van der Waals surface area contributed by atoms with Crippen LogP contribution in [0.4, 0.5) is 5.69 Å². The van der Waals surface area contributed by atoms with Gasteiger partial charge in [0.2, 0.25) is 5.91 Å². The van der Waals surface area contributed by atoms with Gasteiger partial charge in [0.05, 0.1) is 6.54 Å². The lowest BCUT2D eigenvalue weighted by molar-refractivity contribution is -0.131. The minimum absolute atomic E-state index is 0.0228. The average molecular weight is 359 g/mol. The molecule has 1 atom stereocenters. The van der Waals surface area contributed by atoms with Crippen LogP contribution in [0.25, 0.3) is 0 Å². The highest BCUT2D eigenvalue weighted by Crippen LogP contribution is 2.49. The molecule has 1 aromatic rings. The Bertz CT molecular complexity index is 611. The second-order valence-corrected chi connectivity index (χ2v) is 7.85. The Hall–Kier alpha value is -1.52. The molecule has 1 aliphatic rings. The van der Waals surface area contributed by atoms with Crippen molar-refractivity contribution < 1.29 is 24.1 Å². The van der Waals surface area contributed by atoms with Gasteiger partial charge >= 0.3 is 0 Å². The van der Waals surface area contributed by atoms with E-state index >= 15 is 0 Å². The highest BCUT2D eigenvalue weighted by molar-refractivity contribution is 8.24. The van der Waals surface area contributed by atoms with E-state index in [1.54, 1.807) is 24.1 Å². The minimum Gasteiger partial charge on any atom is -0.506 e. The molecule has 0 saturated carbocycles. The second kappa shape index (κ2) is 7.16. The Balaban J connectivity index is 2.06. The number of phenols is 1. The molecule has 136 valence electrons. The molecular formula is C15H25N3O5S. The molecule has 1 aliphatic heterocycles. The third kappa shape index (κ3) is 4.11. The number of aryl methyl sites for hydroxylation is 1. The molecular weight excluding hydrogens is 334 g/mol. The standard InChI is InChI=1S/C15H25N3O5S/c1-10(2)17(3)15(21)7-5-11-4-6-12(13(19)8-11)18-9-14(20)16-24(18,22)23/h4,6,8,10,14,16,19-20,22-23H,5,7,9H2,1-3H3. The third-order valence-corrected chi connectivity index (χ3v) is 5.59. The lowest BCUT2D eigenvalue weighted by Gasteiger charge is -2.36. The topological polar surface area (TPSA) is 117 Å². The van der Waals surface area contributed by atoms with Gasteiger partial charge in [0, 0.05) is 19.5 Å². The molecule has 9 heteroatoms. The summed E-state index contributed by atoms with van der Waals surface area (Å²) in [6.07, 6.45) is -0.286. The predicted octanol–water partition coefficient (Wildman–Crippen LogP) is 1.50. The van der Waals surface area contributed by atoms with Crippen molar-refractivity contribution in [2.24, 2.45) is 0 Å². The number of amides is 1. The van der Waals surface area contributed by atoms with Gasteiger partial charge in [-0.15, -0.1) is 0 Å². The molecule has 0 spiro atoms. The largest absolute Gasteiger partial charge is 0.506 e. The molecule has 1 heterocycles. The molecule has 0 aliphatic carbocycles. The van der Waals surface area contributed by atoms with E-state index < -0.39 is 17.2 Å². The van der Waals surface area contributed by atoms with Gasteiger partial charge in [0.15, 0.2) is 0 Å². The van der Waals surface area contributed by atoms with E-state index in [0.717, 1.165) is 9.87 Å². The van der Waals surface area contributed by atoms with Crippen molar-refractivity contribution >= 4 is 22.6 Å².